The molecule has 11 heteroatoms. The third kappa shape index (κ3) is 6.86. The van der Waals surface area contributed by atoms with Crippen molar-refractivity contribution in [3.05, 3.63) is 107 Å². The third-order valence-electron chi connectivity index (χ3n) is 5.38. The van der Waals surface area contributed by atoms with Gasteiger partial charge in [0.25, 0.3) is 0 Å². The average molecular weight is 515 g/mol. The second-order valence-corrected chi connectivity index (χ2v) is 8.46. The number of nitrogens with two attached hydrogens (primary N) is 1. The highest BCUT2D eigenvalue weighted by molar-refractivity contribution is 6.30. The van der Waals surface area contributed by atoms with Crippen molar-refractivity contribution in [1.29, 1.82) is 5.41 Å². The first-order valence-corrected chi connectivity index (χ1v) is 11.6. The molecule has 4 rings (SSSR count). The Balaban J connectivity index is 1.51. The molecule has 0 aliphatic carbocycles. The molecule has 2 amide bonds. The van der Waals surface area contributed by atoms with E-state index >= 15 is 0 Å². The number of tetrazole rings is 1. The molecule has 4 aromatic rings. The highest BCUT2D eigenvalue weighted by Gasteiger charge is 2.21. The molecule has 0 spiro atoms. The van der Waals surface area contributed by atoms with E-state index in [1.807, 2.05) is 30.3 Å². The van der Waals surface area contributed by atoms with Crippen molar-refractivity contribution in [2.75, 3.05) is 5.32 Å². The molecule has 0 saturated heterocycles. The molecule has 10 nitrogen and oxygen atoms in total. The molecular weight excluding hydrogens is 492 g/mol. The number of halogens is 1. The smallest absolute Gasteiger partial charge is 0.247 e. The monoisotopic (exact) mass is 514 g/mol. The van der Waals surface area contributed by atoms with E-state index < -0.39 is 17.9 Å². The van der Waals surface area contributed by atoms with Crippen molar-refractivity contribution in [2.24, 2.45) is 5.73 Å². The highest BCUT2D eigenvalue weighted by Crippen LogP contribution is 2.20. The van der Waals surface area contributed by atoms with E-state index in [2.05, 4.69) is 26.2 Å². The van der Waals surface area contributed by atoms with E-state index in [4.69, 9.17) is 22.7 Å². The summed E-state index contributed by atoms with van der Waals surface area (Å²) in [5.41, 5.74) is 8.68. The first kappa shape index (κ1) is 25.3. The maximum Gasteiger partial charge on any atom is 0.247 e. The fraction of sp³-hybridized carbons (Fsp3) is 0.0769. The lowest BCUT2D eigenvalue weighted by Crippen LogP contribution is -2.44. The lowest BCUT2D eigenvalue weighted by atomic mass is 10.0. The summed E-state index contributed by atoms with van der Waals surface area (Å²) in [4.78, 5) is 26.0. The van der Waals surface area contributed by atoms with Crippen LogP contribution in [0.15, 0.2) is 85.2 Å². The molecule has 1 aromatic heterocycles. The molecule has 0 aliphatic rings. The molecule has 0 aliphatic heterocycles. The summed E-state index contributed by atoms with van der Waals surface area (Å²) in [5, 5.41) is 24.7. The molecule has 1 atom stereocenters. The van der Waals surface area contributed by atoms with Crippen LogP contribution in [0.1, 0.15) is 16.7 Å². The maximum absolute atomic E-state index is 13.1. The second-order valence-electron chi connectivity index (χ2n) is 8.02. The third-order valence-corrected chi connectivity index (χ3v) is 5.61. The summed E-state index contributed by atoms with van der Waals surface area (Å²) in [6, 6.07) is 20.2. The summed E-state index contributed by atoms with van der Waals surface area (Å²) in [5.74, 6) is -0.925. The average Bonchev–Trinajstić information content (AvgIpc) is 3.43. The van der Waals surface area contributed by atoms with Crippen molar-refractivity contribution >= 4 is 41.0 Å². The summed E-state index contributed by atoms with van der Waals surface area (Å²) in [6.45, 7) is 0. The number of nitrogen functional groups attached to an aromatic ring is 1. The van der Waals surface area contributed by atoms with Crippen LogP contribution in [0.2, 0.25) is 5.02 Å². The van der Waals surface area contributed by atoms with Gasteiger partial charge < -0.3 is 16.4 Å². The SMILES string of the molecule is N=C(N)c1ccc(NC(=O)[C@H](Cc2ccccc2)NC(=O)C=Cc2cc(Cl)ccc2-n2cnnn2)cc1. The molecular formula is C26H23ClN8O2. The first-order valence-electron chi connectivity index (χ1n) is 11.2. The molecule has 1 heterocycles. The van der Waals surface area contributed by atoms with Crippen LogP contribution in [0.5, 0.6) is 0 Å². The second kappa shape index (κ2) is 11.7. The van der Waals surface area contributed by atoms with Crippen LogP contribution in [0.25, 0.3) is 11.8 Å². The number of hydrogen-bond donors (Lipinski definition) is 4. The highest BCUT2D eigenvalue weighted by atomic mass is 35.5. The first-order chi connectivity index (χ1) is 17.9. The van der Waals surface area contributed by atoms with Gasteiger partial charge >= 0.3 is 0 Å². The van der Waals surface area contributed by atoms with E-state index in [1.165, 1.54) is 17.1 Å². The molecule has 186 valence electrons. The summed E-state index contributed by atoms with van der Waals surface area (Å²) < 4.78 is 1.46. The number of aromatic nitrogens is 4. The number of benzene rings is 3. The van der Waals surface area contributed by atoms with Crippen LogP contribution in [0.3, 0.4) is 0 Å². The Hall–Kier alpha value is -4.83. The minimum absolute atomic E-state index is 0.0678. The van der Waals surface area contributed by atoms with E-state index in [1.54, 1.807) is 48.5 Å². The Bertz CT molecular complexity index is 1420. The van der Waals surface area contributed by atoms with E-state index in [0.717, 1.165) is 5.56 Å². The molecule has 0 bridgehead atoms. The Morgan fingerprint density at radius 1 is 1.08 bits per heavy atom. The number of amidine groups is 1. The van der Waals surface area contributed by atoms with Gasteiger partial charge in [-0.1, -0.05) is 41.9 Å². The predicted molar refractivity (Wildman–Crippen MR) is 141 cm³/mol. The van der Waals surface area contributed by atoms with Gasteiger partial charge in [-0.2, -0.15) is 4.68 Å². The van der Waals surface area contributed by atoms with Crippen molar-refractivity contribution in [2.45, 2.75) is 12.5 Å². The maximum atomic E-state index is 13.1. The standard InChI is InChI=1S/C26H23ClN8O2/c27-20-9-12-23(35-16-30-33-34-35)19(15-20)8-13-24(36)32-22(14-17-4-2-1-3-5-17)26(37)31-21-10-6-18(7-11-21)25(28)29/h1-13,15-16,22H,14H2,(H3,28,29)(H,31,37)(H,32,36)/t22-/m0/s1. The Labute approximate surface area is 217 Å². The van der Waals surface area contributed by atoms with Crippen molar-refractivity contribution in [3.8, 4) is 5.69 Å². The van der Waals surface area contributed by atoms with Crippen molar-refractivity contribution in [3.63, 3.8) is 0 Å². The zero-order chi connectivity index (χ0) is 26.2. The van der Waals surface area contributed by atoms with E-state index in [9.17, 15) is 9.59 Å². The van der Waals surface area contributed by atoms with E-state index in [-0.39, 0.29) is 12.3 Å². The van der Waals surface area contributed by atoms with Gasteiger partial charge in [0.2, 0.25) is 11.8 Å². The minimum atomic E-state index is -0.856. The predicted octanol–water partition coefficient (Wildman–Crippen LogP) is 2.98. The van der Waals surface area contributed by atoms with Crippen LogP contribution < -0.4 is 16.4 Å². The fourth-order valence-electron chi connectivity index (χ4n) is 3.55. The fourth-order valence-corrected chi connectivity index (χ4v) is 3.73. The Kier molecular flexibility index (Phi) is 8.01. The number of nitrogens with one attached hydrogen (secondary N) is 3. The van der Waals surface area contributed by atoms with Gasteiger partial charge in [0.15, 0.2) is 0 Å². The number of rotatable bonds is 9. The van der Waals surface area contributed by atoms with Crippen molar-refractivity contribution in [1.82, 2.24) is 25.5 Å². The topological polar surface area (TPSA) is 152 Å². The molecule has 0 unspecified atom stereocenters. The van der Waals surface area contributed by atoms with Gasteiger partial charge in [-0.05, 0) is 64.5 Å². The largest absolute Gasteiger partial charge is 0.384 e. The summed E-state index contributed by atoms with van der Waals surface area (Å²) in [6.07, 6.45) is 4.62. The molecule has 0 radical (unpaired) electrons. The molecule has 0 saturated carbocycles. The van der Waals surface area contributed by atoms with E-state index in [0.29, 0.717) is 27.5 Å². The Morgan fingerprint density at radius 2 is 1.84 bits per heavy atom. The number of nitrogens with zero attached hydrogens (tertiary/aromatic N) is 4. The number of carbonyl (C=O) groups is 2. The lowest BCUT2D eigenvalue weighted by Gasteiger charge is -2.18. The van der Waals surface area contributed by atoms with Crippen LogP contribution in [0, 0.1) is 5.41 Å². The summed E-state index contributed by atoms with van der Waals surface area (Å²) >= 11 is 6.15. The van der Waals surface area contributed by atoms with Crippen molar-refractivity contribution < 1.29 is 9.59 Å². The number of amides is 2. The van der Waals surface area contributed by atoms with Gasteiger partial charge in [-0.25, -0.2) is 0 Å². The zero-order valence-corrected chi connectivity index (χ0v) is 20.3. The van der Waals surface area contributed by atoms with Crippen LogP contribution in [-0.4, -0.2) is 43.9 Å². The molecule has 37 heavy (non-hydrogen) atoms. The normalized spacial score (nSPS) is 11.7. The van der Waals surface area contributed by atoms with Crippen LogP contribution in [0.4, 0.5) is 5.69 Å². The molecule has 0 fully saturated rings. The quantitative estimate of drug-likeness (QED) is 0.153. The van der Waals surface area contributed by atoms with Crippen LogP contribution >= 0.6 is 11.6 Å². The lowest BCUT2D eigenvalue weighted by molar-refractivity contribution is -0.123. The summed E-state index contributed by atoms with van der Waals surface area (Å²) in [7, 11) is 0. The van der Waals surface area contributed by atoms with Crippen LogP contribution in [-0.2, 0) is 16.0 Å². The van der Waals surface area contributed by atoms with Gasteiger partial charge in [-0.3, -0.25) is 15.0 Å². The van der Waals surface area contributed by atoms with Gasteiger partial charge in [0.05, 0.1) is 5.69 Å². The Morgan fingerprint density at radius 3 is 2.51 bits per heavy atom. The van der Waals surface area contributed by atoms with Gasteiger partial charge in [0, 0.05) is 34.3 Å². The number of hydrogen-bond acceptors (Lipinski definition) is 6. The molecule has 3 aromatic carbocycles. The molecule has 5 N–H and O–H groups in total. The van der Waals surface area contributed by atoms with Gasteiger partial charge in [-0.15, -0.1) is 5.10 Å². The zero-order valence-electron chi connectivity index (χ0n) is 19.5. The minimum Gasteiger partial charge on any atom is -0.384 e. The number of carbonyl (C=O) groups excluding carboxylic acids is 2. The van der Waals surface area contributed by atoms with Gasteiger partial charge in [0.1, 0.15) is 18.2 Å². The number of anilines is 1.